The number of aromatic nitrogens is 3. The number of hydrogen-bond donors (Lipinski definition) is 2. The molecule has 0 radical (unpaired) electrons. The van der Waals surface area contributed by atoms with Crippen molar-refractivity contribution in [3.63, 3.8) is 0 Å². The molecule has 3 fully saturated rings. The zero-order valence-corrected chi connectivity index (χ0v) is 22.0. The molecule has 1 atom stereocenters. The number of pyridine rings is 1. The van der Waals surface area contributed by atoms with Crippen molar-refractivity contribution < 1.29 is 9.53 Å². The number of morpholine rings is 1. The summed E-state index contributed by atoms with van der Waals surface area (Å²) in [5, 5.41) is 6.80. The molecule has 2 N–H and O–H groups in total. The van der Waals surface area contributed by atoms with Crippen LogP contribution in [0.15, 0.2) is 42.7 Å². The van der Waals surface area contributed by atoms with E-state index in [1.54, 1.807) is 12.4 Å². The molecule has 2 aliphatic heterocycles. The van der Waals surface area contributed by atoms with Gasteiger partial charge >= 0.3 is 0 Å². The van der Waals surface area contributed by atoms with E-state index in [0.717, 1.165) is 80.4 Å². The number of hydrogen-bond acceptors (Lipinski definition) is 8. The van der Waals surface area contributed by atoms with Gasteiger partial charge in [0.05, 0.1) is 23.9 Å². The first-order valence-electron chi connectivity index (χ1n) is 13.0. The maximum absolute atomic E-state index is 12.4. The molecule has 1 amide bonds. The second-order valence-corrected chi connectivity index (χ2v) is 9.92. The Morgan fingerprint density at radius 2 is 1.86 bits per heavy atom. The molecule has 0 bridgehead atoms. The van der Waals surface area contributed by atoms with Crippen LogP contribution in [0.25, 0.3) is 22.3 Å². The van der Waals surface area contributed by atoms with E-state index >= 15 is 0 Å². The van der Waals surface area contributed by atoms with Gasteiger partial charge in [-0.25, -0.2) is 9.97 Å². The van der Waals surface area contributed by atoms with E-state index in [0.29, 0.717) is 18.4 Å². The van der Waals surface area contributed by atoms with E-state index in [-0.39, 0.29) is 19.6 Å². The molecule has 1 aromatic carbocycles. The third-order valence-corrected chi connectivity index (χ3v) is 7.28. The molecule has 3 aromatic rings. The fourth-order valence-corrected chi connectivity index (χ4v) is 4.96. The summed E-state index contributed by atoms with van der Waals surface area (Å²) < 4.78 is 5.82. The summed E-state index contributed by atoms with van der Waals surface area (Å²) in [6.07, 6.45) is 6.68. The van der Waals surface area contributed by atoms with Gasteiger partial charge < -0.3 is 25.2 Å². The molecule has 2 saturated heterocycles. The molecule has 0 unspecified atom stereocenters. The molecule has 6 rings (SSSR count). The Labute approximate surface area is 224 Å². The fourth-order valence-electron chi connectivity index (χ4n) is 4.96. The first-order valence-corrected chi connectivity index (χ1v) is 13.0. The number of piperazine rings is 1. The van der Waals surface area contributed by atoms with Gasteiger partial charge in [-0.05, 0) is 37.0 Å². The number of nitrogens with zero attached hydrogens (tertiary/aromatic N) is 5. The largest absolute Gasteiger partial charge is 0.374 e. The molecular formula is C27H35N7O2S. The highest BCUT2D eigenvalue weighted by Gasteiger charge is 2.28. The van der Waals surface area contributed by atoms with Gasteiger partial charge in [-0.15, -0.1) is 0 Å². The summed E-state index contributed by atoms with van der Waals surface area (Å²) in [7, 11) is 0. The highest BCUT2D eigenvalue weighted by atomic mass is 32.1. The summed E-state index contributed by atoms with van der Waals surface area (Å²) >= 11 is 0. The van der Waals surface area contributed by atoms with E-state index in [1.165, 1.54) is 18.5 Å². The van der Waals surface area contributed by atoms with Crippen LogP contribution in [0.4, 0.5) is 11.5 Å². The van der Waals surface area contributed by atoms with Crippen LogP contribution in [0, 0.1) is 5.92 Å². The van der Waals surface area contributed by atoms with Crippen LogP contribution in [0.3, 0.4) is 0 Å². The number of anilines is 2. The van der Waals surface area contributed by atoms with Gasteiger partial charge in [0.25, 0.3) is 0 Å². The number of nitrogens with one attached hydrogen (secondary N) is 2. The van der Waals surface area contributed by atoms with Crippen LogP contribution in [0.1, 0.15) is 19.3 Å². The maximum Gasteiger partial charge on any atom is 0.222 e. The monoisotopic (exact) mass is 521 g/mol. The fraction of sp³-hybridized carbons (Fsp3) is 0.481. The lowest BCUT2D eigenvalue weighted by molar-refractivity contribution is -0.131. The highest BCUT2D eigenvalue weighted by molar-refractivity contribution is 7.59. The van der Waals surface area contributed by atoms with Crippen molar-refractivity contribution in [2.75, 3.05) is 62.6 Å². The Bertz CT molecular complexity index is 1210. The molecule has 1 aliphatic carbocycles. The lowest BCUT2D eigenvalue weighted by Gasteiger charge is -2.36. The van der Waals surface area contributed by atoms with Crippen molar-refractivity contribution in [1.29, 1.82) is 0 Å². The van der Waals surface area contributed by atoms with Crippen LogP contribution < -0.4 is 15.5 Å². The third-order valence-electron chi connectivity index (χ3n) is 7.28. The quantitative estimate of drug-likeness (QED) is 0.490. The molecule has 9 nitrogen and oxygen atoms in total. The van der Waals surface area contributed by atoms with Gasteiger partial charge in [0.15, 0.2) is 5.82 Å². The second kappa shape index (κ2) is 11.6. The Morgan fingerprint density at radius 1 is 1.08 bits per heavy atom. The van der Waals surface area contributed by atoms with E-state index in [2.05, 4.69) is 49.8 Å². The van der Waals surface area contributed by atoms with E-state index in [1.807, 2.05) is 11.0 Å². The summed E-state index contributed by atoms with van der Waals surface area (Å²) in [6.45, 7) is 6.42. The van der Waals surface area contributed by atoms with Crippen molar-refractivity contribution in [3.8, 4) is 11.3 Å². The van der Waals surface area contributed by atoms with Crippen molar-refractivity contribution in [3.05, 3.63) is 42.7 Å². The molecule has 4 heterocycles. The normalized spacial score (nSPS) is 19.9. The number of carbonyl (C=O) groups excluding carboxylic acids is 1. The molecule has 10 heteroatoms. The van der Waals surface area contributed by atoms with E-state index in [9.17, 15) is 4.79 Å². The number of fused-ring (bicyclic) bond motifs is 1. The predicted octanol–water partition coefficient (Wildman–Crippen LogP) is 2.65. The zero-order chi connectivity index (χ0) is 24.3. The molecule has 3 aliphatic rings. The molecule has 1 saturated carbocycles. The smallest absolute Gasteiger partial charge is 0.222 e. The number of benzene rings is 1. The lowest BCUT2D eigenvalue weighted by Crippen LogP contribution is -2.48. The van der Waals surface area contributed by atoms with Crippen LogP contribution in [-0.4, -0.2) is 84.3 Å². The lowest BCUT2D eigenvalue weighted by atomic mass is 10.1. The minimum Gasteiger partial charge on any atom is -0.374 e. The van der Waals surface area contributed by atoms with Gasteiger partial charge in [0.1, 0.15) is 5.52 Å². The number of carbonyl (C=O) groups is 1. The number of amides is 1. The predicted molar refractivity (Wildman–Crippen MR) is 150 cm³/mol. The van der Waals surface area contributed by atoms with Gasteiger partial charge in [0, 0.05) is 75.9 Å². The van der Waals surface area contributed by atoms with Crippen molar-refractivity contribution in [1.82, 2.24) is 25.2 Å². The topological polar surface area (TPSA) is 95.5 Å². The van der Waals surface area contributed by atoms with Crippen LogP contribution in [-0.2, 0) is 9.53 Å². The Hall–Kier alpha value is -2.95. The minimum absolute atomic E-state index is 0. The second-order valence-electron chi connectivity index (χ2n) is 9.92. The zero-order valence-electron chi connectivity index (χ0n) is 21.0. The molecule has 196 valence electrons. The first kappa shape index (κ1) is 25.7. The minimum atomic E-state index is 0. The van der Waals surface area contributed by atoms with Gasteiger partial charge in [-0.2, -0.15) is 13.5 Å². The summed E-state index contributed by atoms with van der Waals surface area (Å²) in [4.78, 5) is 30.8. The number of ether oxygens (including phenoxy) is 1. The highest BCUT2D eigenvalue weighted by Crippen LogP contribution is 2.33. The third kappa shape index (κ3) is 6.14. The van der Waals surface area contributed by atoms with Crippen molar-refractivity contribution in [2.45, 2.75) is 25.4 Å². The van der Waals surface area contributed by atoms with Crippen LogP contribution in [0.5, 0.6) is 0 Å². The summed E-state index contributed by atoms with van der Waals surface area (Å²) in [6, 6.07) is 10.5. The van der Waals surface area contributed by atoms with Crippen molar-refractivity contribution in [2.24, 2.45) is 5.92 Å². The average molecular weight is 522 g/mol. The SMILES string of the molecule is O=C(CC1CC1)N1CCN(c2ccc(-c3cc4nccnc4c(NC[C@@H]4CNCCO4)n3)cc2)CC1.S. The van der Waals surface area contributed by atoms with Gasteiger partial charge in [0.2, 0.25) is 5.91 Å². The van der Waals surface area contributed by atoms with Crippen LogP contribution in [0.2, 0.25) is 0 Å². The van der Waals surface area contributed by atoms with Gasteiger partial charge in [-0.1, -0.05) is 12.1 Å². The summed E-state index contributed by atoms with van der Waals surface area (Å²) in [5.74, 6) is 1.70. The number of rotatable bonds is 7. The van der Waals surface area contributed by atoms with Crippen molar-refractivity contribution >= 4 is 41.9 Å². The summed E-state index contributed by atoms with van der Waals surface area (Å²) in [5.41, 5.74) is 4.63. The van der Waals surface area contributed by atoms with E-state index < -0.39 is 0 Å². The molecule has 37 heavy (non-hydrogen) atoms. The Kier molecular flexibility index (Phi) is 8.07. The average Bonchev–Trinajstić information content (AvgIpc) is 3.76. The molecule has 0 spiro atoms. The van der Waals surface area contributed by atoms with Gasteiger partial charge in [-0.3, -0.25) is 9.78 Å². The maximum atomic E-state index is 12.4. The standard InChI is InChI=1S/C27H33N7O2.H2S/c35-25(15-19-1-2-19)34-12-10-33(11-13-34)21-5-3-20(4-6-21)23-16-24-26(30-8-7-29-24)27(32-23)31-18-22-17-28-9-14-36-22;/h3-8,16,19,22,28H,1-2,9-15,17-18H2,(H,31,32);1H2/t22-;/m0./s1. The molecule has 2 aromatic heterocycles. The Balaban J connectivity index is 0.00000280. The first-order chi connectivity index (χ1) is 17.7. The Morgan fingerprint density at radius 3 is 2.59 bits per heavy atom. The van der Waals surface area contributed by atoms with Crippen LogP contribution >= 0.6 is 13.5 Å². The molecular weight excluding hydrogens is 486 g/mol. The van der Waals surface area contributed by atoms with E-state index in [4.69, 9.17) is 9.72 Å².